The summed E-state index contributed by atoms with van der Waals surface area (Å²) in [5.41, 5.74) is 2.35. The summed E-state index contributed by atoms with van der Waals surface area (Å²) in [6.07, 6.45) is 0. The summed E-state index contributed by atoms with van der Waals surface area (Å²) in [4.78, 5) is 0. The average Bonchev–Trinajstić information content (AvgIpc) is 2.27. The van der Waals surface area contributed by atoms with Gasteiger partial charge in [0.05, 0.1) is 17.7 Å². The number of hydrogen-bond acceptors (Lipinski definition) is 3. The zero-order valence-corrected chi connectivity index (χ0v) is 9.88. The lowest BCUT2D eigenvalue weighted by molar-refractivity contribution is 0.324. The van der Waals surface area contributed by atoms with Crippen LogP contribution in [0.15, 0.2) is 12.1 Å². The first-order valence-electron chi connectivity index (χ1n) is 4.76. The molecule has 0 fully saturated rings. The minimum absolute atomic E-state index is 0.144. The van der Waals surface area contributed by atoms with Crippen LogP contribution in [0, 0.1) is 36.5 Å². The maximum atomic E-state index is 8.78. The molecule has 1 rings (SSSR count). The zero-order valence-electron chi connectivity index (χ0n) is 9.12. The van der Waals surface area contributed by atoms with E-state index in [2.05, 4.69) is 6.07 Å². The van der Waals surface area contributed by atoms with Crippen molar-refractivity contribution in [3.63, 3.8) is 0 Å². The molecule has 0 radical (unpaired) electrons. The third-order valence-corrected chi connectivity index (χ3v) is 2.33. The van der Waals surface area contributed by atoms with Crippen molar-refractivity contribution >= 4 is 11.6 Å². The van der Waals surface area contributed by atoms with Gasteiger partial charge in [-0.2, -0.15) is 10.5 Å². The van der Waals surface area contributed by atoms with Crippen molar-refractivity contribution in [2.24, 2.45) is 0 Å². The highest BCUT2D eigenvalue weighted by molar-refractivity contribution is 6.22. The van der Waals surface area contributed by atoms with Gasteiger partial charge >= 0.3 is 0 Å². The highest BCUT2D eigenvalue weighted by atomic mass is 35.5. The van der Waals surface area contributed by atoms with Gasteiger partial charge < -0.3 is 4.74 Å². The average molecular weight is 235 g/mol. The van der Waals surface area contributed by atoms with E-state index in [-0.39, 0.29) is 6.61 Å². The van der Waals surface area contributed by atoms with Gasteiger partial charge in [-0.15, -0.1) is 11.6 Å². The van der Waals surface area contributed by atoms with Crippen LogP contribution in [0.4, 0.5) is 0 Å². The first kappa shape index (κ1) is 12.4. The minimum atomic E-state index is -0.658. The maximum Gasteiger partial charge on any atom is 0.154 e. The van der Waals surface area contributed by atoms with E-state index in [0.29, 0.717) is 11.3 Å². The largest absolute Gasteiger partial charge is 0.490 e. The lowest BCUT2D eigenvalue weighted by Crippen LogP contribution is -2.10. The molecular weight excluding hydrogens is 224 g/mol. The van der Waals surface area contributed by atoms with Crippen molar-refractivity contribution in [1.82, 2.24) is 0 Å². The molecular formula is C12H11ClN2O. The second-order valence-corrected chi connectivity index (χ2v) is 3.99. The molecule has 0 aromatic heterocycles. The highest BCUT2D eigenvalue weighted by Crippen LogP contribution is 2.24. The maximum absolute atomic E-state index is 8.78. The molecule has 16 heavy (non-hydrogen) atoms. The number of benzene rings is 1. The molecule has 1 aromatic carbocycles. The van der Waals surface area contributed by atoms with Crippen molar-refractivity contribution in [3.8, 4) is 17.9 Å². The SMILES string of the molecule is Cc1cc(C#N)cc(C)c1OCC(Cl)C#N. The van der Waals surface area contributed by atoms with Crippen LogP contribution in [-0.4, -0.2) is 12.0 Å². The Morgan fingerprint density at radius 2 is 1.88 bits per heavy atom. The van der Waals surface area contributed by atoms with Crippen LogP contribution in [0.5, 0.6) is 5.75 Å². The third-order valence-electron chi connectivity index (χ3n) is 2.10. The van der Waals surface area contributed by atoms with E-state index in [0.717, 1.165) is 11.1 Å². The van der Waals surface area contributed by atoms with Crippen molar-refractivity contribution < 1.29 is 4.74 Å². The van der Waals surface area contributed by atoms with E-state index in [1.54, 1.807) is 12.1 Å². The fourth-order valence-electron chi connectivity index (χ4n) is 1.44. The molecule has 0 saturated heterocycles. The van der Waals surface area contributed by atoms with Crippen molar-refractivity contribution in [1.29, 1.82) is 10.5 Å². The van der Waals surface area contributed by atoms with Gasteiger partial charge in [0.25, 0.3) is 0 Å². The molecule has 0 aliphatic carbocycles. The molecule has 82 valence electrons. The topological polar surface area (TPSA) is 56.8 Å². The molecule has 1 atom stereocenters. The van der Waals surface area contributed by atoms with Gasteiger partial charge in [0.1, 0.15) is 12.4 Å². The fraction of sp³-hybridized carbons (Fsp3) is 0.333. The monoisotopic (exact) mass is 234 g/mol. The quantitative estimate of drug-likeness (QED) is 0.756. The predicted molar refractivity (Wildman–Crippen MR) is 61.4 cm³/mol. The minimum Gasteiger partial charge on any atom is -0.490 e. The van der Waals surface area contributed by atoms with Crippen LogP contribution < -0.4 is 4.74 Å². The van der Waals surface area contributed by atoms with Gasteiger partial charge in [-0.25, -0.2) is 0 Å². The van der Waals surface area contributed by atoms with Gasteiger partial charge in [0.2, 0.25) is 0 Å². The number of hydrogen-bond donors (Lipinski definition) is 0. The Hall–Kier alpha value is -1.71. The number of aryl methyl sites for hydroxylation is 2. The Labute approximate surface area is 99.8 Å². The van der Waals surface area contributed by atoms with Crippen LogP contribution >= 0.6 is 11.6 Å². The molecule has 0 aliphatic rings. The van der Waals surface area contributed by atoms with E-state index in [1.807, 2.05) is 19.9 Å². The van der Waals surface area contributed by atoms with Crippen LogP contribution in [0.1, 0.15) is 16.7 Å². The Kier molecular flexibility index (Phi) is 4.17. The number of ether oxygens (including phenoxy) is 1. The Morgan fingerprint density at radius 1 is 1.31 bits per heavy atom. The Bertz CT molecular complexity index is 448. The summed E-state index contributed by atoms with van der Waals surface area (Å²) >= 11 is 5.64. The standard InChI is InChI=1S/C12H11ClN2O/c1-8-3-10(5-14)4-9(2)12(8)16-7-11(13)6-15/h3-4,11H,7H2,1-2H3. The molecule has 1 unspecified atom stereocenters. The van der Waals surface area contributed by atoms with Gasteiger partial charge in [-0.3, -0.25) is 0 Å². The number of rotatable bonds is 3. The van der Waals surface area contributed by atoms with Crippen molar-refractivity contribution in [3.05, 3.63) is 28.8 Å². The number of nitriles is 2. The molecule has 0 amide bonds. The van der Waals surface area contributed by atoms with Crippen molar-refractivity contribution in [2.45, 2.75) is 19.2 Å². The molecule has 3 nitrogen and oxygen atoms in total. The molecule has 4 heteroatoms. The summed E-state index contributed by atoms with van der Waals surface area (Å²) in [6, 6.07) is 7.46. The van der Waals surface area contributed by atoms with Gasteiger partial charge in [0, 0.05) is 0 Å². The Morgan fingerprint density at radius 3 is 2.31 bits per heavy atom. The van der Waals surface area contributed by atoms with Gasteiger partial charge in [-0.1, -0.05) is 0 Å². The number of nitrogens with zero attached hydrogens (tertiary/aromatic N) is 2. The summed E-state index contributed by atoms with van der Waals surface area (Å²) in [5.74, 6) is 0.694. The van der Waals surface area contributed by atoms with E-state index in [9.17, 15) is 0 Å². The number of alkyl halides is 1. The molecule has 0 spiro atoms. The zero-order chi connectivity index (χ0) is 12.1. The van der Waals surface area contributed by atoms with E-state index < -0.39 is 5.38 Å². The summed E-state index contributed by atoms with van der Waals surface area (Å²) < 4.78 is 5.46. The number of halogens is 1. The van der Waals surface area contributed by atoms with E-state index in [4.69, 9.17) is 26.9 Å². The van der Waals surface area contributed by atoms with E-state index >= 15 is 0 Å². The molecule has 0 heterocycles. The fourth-order valence-corrected chi connectivity index (χ4v) is 1.50. The third kappa shape index (κ3) is 2.89. The summed E-state index contributed by atoms with van der Waals surface area (Å²) in [7, 11) is 0. The molecule has 0 bridgehead atoms. The summed E-state index contributed by atoms with van der Waals surface area (Å²) in [5, 5.41) is 16.6. The van der Waals surface area contributed by atoms with Gasteiger partial charge in [0.15, 0.2) is 5.38 Å². The highest BCUT2D eigenvalue weighted by Gasteiger charge is 2.09. The van der Waals surface area contributed by atoms with Crippen LogP contribution in [0.2, 0.25) is 0 Å². The van der Waals surface area contributed by atoms with Crippen molar-refractivity contribution in [2.75, 3.05) is 6.61 Å². The lowest BCUT2D eigenvalue weighted by Gasteiger charge is -2.12. The first-order chi connectivity index (χ1) is 7.58. The smallest absolute Gasteiger partial charge is 0.154 e. The predicted octanol–water partition coefficient (Wildman–Crippen LogP) is 2.68. The Balaban J connectivity index is 2.90. The lowest BCUT2D eigenvalue weighted by atomic mass is 10.1. The second-order valence-electron chi connectivity index (χ2n) is 3.46. The van der Waals surface area contributed by atoms with Crippen LogP contribution in [0.25, 0.3) is 0 Å². The van der Waals surface area contributed by atoms with Gasteiger partial charge in [-0.05, 0) is 37.1 Å². The summed E-state index contributed by atoms with van der Waals surface area (Å²) in [6.45, 7) is 3.86. The van der Waals surface area contributed by atoms with Crippen LogP contribution in [-0.2, 0) is 0 Å². The normalized spacial score (nSPS) is 11.3. The molecule has 0 N–H and O–H groups in total. The molecule has 1 aromatic rings. The second kappa shape index (κ2) is 5.39. The van der Waals surface area contributed by atoms with E-state index in [1.165, 1.54) is 0 Å². The first-order valence-corrected chi connectivity index (χ1v) is 5.20. The molecule has 0 aliphatic heterocycles. The van der Waals surface area contributed by atoms with Crippen LogP contribution in [0.3, 0.4) is 0 Å². The molecule has 0 saturated carbocycles.